The maximum atomic E-state index is 13.1. The first-order valence-electron chi connectivity index (χ1n) is 8.73. The molecule has 1 N–H and O–H groups in total. The zero-order valence-corrected chi connectivity index (χ0v) is 16.6. The van der Waals surface area contributed by atoms with Crippen molar-refractivity contribution >= 4 is 22.6 Å². The quantitative estimate of drug-likeness (QED) is 0.221. The van der Waals surface area contributed by atoms with E-state index in [1.807, 2.05) is 42.5 Å². The largest absolute Gasteiger partial charge is 0.455 e. The Kier molecular flexibility index (Phi) is 6.65. The molecule has 0 fully saturated rings. The number of nitrogens with one attached hydrogen (secondary N) is 1. The molecule has 0 saturated carbocycles. The number of thioether (sulfide) groups is 1. The lowest BCUT2D eigenvalue weighted by Gasteiger charge is -2.13. The molecular weight excluding hydrogens is 411 g/mol. The van der Waals surface area contributed by atoms with Gasteiger partial charge in [0.25, 0.3) is 0 Å². The van der Waals surface area contributed by atoms with Crippen LogP contribution in [0, 0.1) is 11.5 Å². The van der Waals surface area contributed by atoms with E-state index in [1.54, 1.807) is 24.6 Å². The topological polar surface area (TPSA) is 57.4 Å². The maximum Gasteiger partial charge on any atom is 0.416 e. The van der Waals surface area contributed by atoms with Gasteiger partial charge >= 0.3 is 6.18 Å². The number of halogens is 3. The molecule has 4 nitrogen and oxygen atoms in total. The normalized spacial score (nSPS) is 11.6. The van der Waals surface area contributed by atoms with E-state index in [9.17, 15) is 13.2 Å². The standard InChI is InChI=1S/C22H16F3N3OS/c1-30-21(27-14-26)28-19-13-17(22(23,24)25)9-12-20(19)29-18-10-7-16(8-11-18)15-5-3-2-4-6-15/h2-13H,1H3,(H,27,28). The molecule has 0 aliphatic carbocycles. The van der Waals surface area contributed by atoms with Gasteiger partial charge in [0, 0.05) is 0 Å². The molecule has 0 aliphatic rings. The van der Waals surface area contributed by atoms with Crippen LogP contribution in [0.2, 0.25) is 0 Å². The molecule has 0 heterocycles. The second kappa shape index (κ2) is 9.37. The van der Waals surface area contributed by atoms with Gasteiger partial charge in [-0.3, -0.25) is 5.32 Å². The van der Waals surface area contributed by atoms with Crippen molar-refractivity contribution in [3.05, 3.63) is 78.4 Å². The van der Waals surface area contributed by atoms with E-state index in [-0.39, 0.29) is 16.6 Å². The first-order chi connectivity index (χ1) is 14.4. The van der Waals surface area contributed by atoms with E-state index in [0.717, 1.165) is 35.0 Å². The van der Waals surface area contributed by atoms with E-state index in [2.05, 4.69) is 10.3 Å². The molecule has 0 unspecified atom stereocenters. The van der Waals surface area contributed by atoms with Crippen LogP contribution < -0.4 is 10.1 Å². The minimum absolute atomic E-state index is 0.0379. The minimum Gasteiger partial charge on any atom is -0.455 e. The average molecular weight is 427 g/mol. The molecule has 3 aromatic rings. The third-order valence-electron chi connectivity index (χ3n) is 4.05. The molecule has 30 heavy (non-hydrogen) atoms. The average Bonchev–Trinajstić information content (AvgIpc) is 2.75. The van der Waals surface area contributed by atoms with Gasteiger partial charge in [-0.05, 0) is 47.7 Å². The lowest BCUT2D eigenvalue weighted by Crippen LogP contribution is -2.12. The highest BCUT2D eigenvalue weighted by Gasteiger charge is 2.31. The Hall–Kier alpha value is -3.44. The van der Waals surface area contributed by atoms with Crippen LogP contribution in [0.1, 0.15) is 5.56 Å². The molecule has 8 heteroatoms. The fourth-order valence-corrected chi connectivity index (χ4v) is 2.96. The van der Waals surface area contributed by atoms with Crippen molar-refractivity contribution in [1.29, 1.82) is 5.26 Å². The van der Waals surface area contributed by atoms with Crippen molar-refractivity contribution in [2.75, 3.05) is 6.26 Å². The van der Waals surface area contributed by atoms with Gasteiger partial charge in [-0.15, -0.1) is 0 Å². The number of nitrogens with zero attached hydrogens (tertiary/aromatic N) is 2. The van der Waals surface area contributed by atoms with Crippen LogP contribution in [-0.2, 0) is 6.18 Å². The number of benzene rings is 3. The molecule has 0 amide bonds. The van der Waals surface area contributed by atoms with Crippen molar-refractivity contribution in [2.24, 2.45) is 4.99 Å². The summed E-state index contributed by atoms with van der Waals surface area (Å²) in [7, 11) is 0. The monoisotopic (exact) mass is 427 g/mol. The van der Waals surface area contributed by atoms with E-state index >= 15 is 0 Å². The summed E-state index contributed by atoms with van der Waals surface area (Å²) >= 11 is 1.10. The van der Waals surface area contributed by atoms with E-state index in [0.29, 0.717) is 5.75 Å². The number of rotatable bonds is 4. The molecule has 0 atom stereocenters. The summed E-state index contributed by atoms with van der Waals surface area (Å²) < 4.78 is 45.2. The van der Waals surface area contributed by atoms with Crippen LogP contribution in [0.15, 0.2) is 77.8 Å². The number of nitriles is 1. The van der Waals surface area contributed by atoms with Crippen LogP contribution in [-0.4, -0.2) is 11.4 Å². The number of hydrogen-bond acceptors (Lipinski definition) is 4. The first kappa shape index (κ1) is 21.3. The predicted octanol–water partition coefficient (Wildman–Crippen LogP) is 6.59. The number of ether oxygens (including phenoxy) is 1. The summed E-state index contributed by atoms with van der Waals surface area (Å²) in [5.41, 5.74) is 1.13. The molecule has 0 bridgehead atoms. The molecule has 0 saturated heterocycles. The van der Waals surface area contributed by atoms with Gasteiger partial charge in [-0.25, -0.2) is 4.99 Å². The summed E-state index contributed by atoms with van der Waals surface area (Å²) in [5, 5.41) is 11.3. The van der Waals surface area contributed by atoms with Crippen molar-refractivity contribution in [1.82, 2.24) is 5.32 Å². The molecule has 0 aliphatic heterocycles. The summed E-state index contributed by atoms with van der Waals surface area (Å²) in [5.74, 6) is 0.589. The van der Waals surface area contributed by atoms with Crippen LogP contribution >= 0.6 is 11.8 Å². The molecule has 0 radical (unpaired) electrons. The Morgan fingerprint density at radius 3 is 2.27 bits per heavy atom. The van der Waals surface area contributed by atoms with Gasteiger partial charge in [-0.1, -0.05) is 54.2 Å². The van der Waals surface area contributed by atoms with Gasteiger partial charge in [0.15, 0.2) is 17.1 Å². The second-order valence-corrected chi connectivity index (χ2v) is 6.83. The van der Waals surface area contributed by atoms with Crippen molar-refractivity contribution in [3.8, 4) is 28.8 Å². The summed E-state index contributed by atoms with van der Waals surface area (Å²) in [6, 6.07) is 20.0. The molecule has 0 aromatic heterocycles. The Labute approximate surface area is 176 Å². The summed E-state index contributed by atoms with van der Waals surface area (Å²) in [6.45, 7) is 0. The molecule has 152 valence electrons. The number of hydrogen-bond donors (Lipinski definition) is 1. The van der Waals surface area contributed by atoms with Gasteiger partial charge in [0.05, 0.1) is 5.56 Å². The SMILES string of the molecule is CSC(=Nc1cc(C(F)(F)F)ccc1Oc1ccc(-c2ccccc2)cc1)NC#N. The summed E-state index contributed by atoms with van der Waals surface area (Å²) in [4.78, 5) is 4.12. The fourth-order valence-electron chi connectivity index (χ4n) is 2.62. The Morgan fingerprint density at radius 1 is 1.00 bits per heavy atom. The molecule has 3 rings (SSSR count). The predicted molar refractivity (Wildman–Crippen MR) is 113 cm³/mol. The van der Waals surface area contributed by atoms with E-state index in [1.165, 1.54) is 6.07 Å². The van der Waals surface area contributed by atoms with Gasteiger partial charge in [0.2, 0.25) is 0 Å². The fraction of sp³-hybridized carbons (Fsp3) is 0.0909. The Balaban J connectivity index is 1.94. The first-order valence-corrected chi connectivity index (χ1v) is 9.95. The van der Waals surface area contributed by atoms with Gasteiger partial charge in [0.1, 0.15) is 11.4 Å². The number of alkyl halides is 3. The van der Waals surface area contributed by atoms with Crippen LogP contribution in [0.4, 0.5) is 18.9 Å². The van der Waals surface area contributed by atoms with Gasteiger partial charge < -0.3 is 4.74 Å². The number of aliphatic imine (C=N–C) groups is 1. The second-order valence-electron chi connectivity index (χ2n) is 6.03. The van der Waals surface area contributed by atoms with Crippen LogP contribution in [0.5, 0.6) is 11.5 Å². The maximum absolute atomic E-state index is 13.1. The Bertz CT molecular complexity index is 1080. The third kappa shape index (κ3) is 5.33. The third-order valence-corrected chi connectivity index (χ3v) is 4.63. The van der Waals surface area contributed by atoms with Crippen LogP contribution in [0.25, 0.3) is 11.1 Å². The zero-order valence-electron chi connectivity index (χ0n) is 15.8. The summed E-state index contributed by atoms with van der Waals surface area (Å²) in [6.07, 6.45) is -1.16. The highest BCUT2D eigenvalue weighted by atomic mass is 32.2. The van der Waals surface area contributed by atoms with Gasteiger partial charge in [-0.2, -0.15) is 18.4 Å². The lowest BCUT2D eigenvalue weighted by atomic mass is 10.1. The molecule has 0 spiro atoms. The minimum atomic E-state index is -4.53. The zero-order chi connectivity index (χ0) is 21.6. The molecule has 3 aromatic carbocycles. The smallest absolute Gasteiger partial charge is 0.416 e. The lowest BCUT2D eigenvalue weighted by molar-refractivity contribution is -0.137. The van der Waals surface area contributed by atoms with E-state index in [4.69, 9.17) is 10.00 Å². The molecular formula is C22H16F3N3OS. The van der Waals surface area contributed by atoms with Crippen molar-refractivity contribution < 1.29 is 17.9 Å². The Morgan fingerprint density at radius 2 is 1.67 bits per heavy atom. The van der Waals surface area contributed by atoms with Crippen molar-refractivity contribution in [3.63, 3.8) is 0 Å². The van der Waals surface area contributed by atoms with Crippen LogP contribution in [0.3, 0.4) is 0 Å². The highest BCUT2D eigenvalue weighted by molar-refractivity contribution is 8.13. The number of amidine groups is 1. The highest BCUT2D eigenvalue weighted by Crippen LogP contribution is 2.39. The van der Waals surface area contributed by atoms with Crippen molar-refractivity contribution in [2.45, 2.75) is 6.18 Å². The van der Waals surface area contributed by atoms with E-state index < -0.39 is 11.7 Å².